The highest BCUT2D eigenvalue weighted by atomic mass is 35.5. The van der Waals surface area contributed by atoms with Crippen LogP contribution in [0.15, 0.2) is 10.5 Å². The zero-order chi connectivity index (χ0) is 15.7. The second kappa shape index (κ2) is 5.69. The number of anilines is 1. The van der Waals surface area contributed by atoms with E-state index in [9.17, 15) is 10.1 Å². The third kappa shape index (κ3) is 3.13. The molecule has 0 saturated heterocycles. The van der Waals surface area contributed by atoms with E-state index in [1.54, 1.807) is 0 Å². The number of nitrogens with one attached hydrogen (secondary N) is 1. The molecule has 0 spiro atoms. The van der Waals surface area contributed by atoms with E-state index in [0.717, 1.165) is 17.1 Å². The molecule has 0 aromatic carbocycles. The van der Waals surface area contributed by atoms with E-state index in [1.807, 2.05) is 26.8 Å². The van der Waals surface area contributed by atoms with Crippen molar-refractivity contribution in [1.29, 1.82) is 0 Å². The lowest BCUT2D eigenvalue weighted by Gasteiger charge is -2.14. The van der Waals surface area contributed by atoms with Crippen LogP contribution in [0.25, 0.3) is 0 Å². The Morgan fingerprint density at radius 2 is 2.05 bits per heavy atom. The number of aryl methyl sites for hydroxylation is 3. The van der Waals surface area contributed by atoms with Crippen LogP contribution >= 0.6 is 11.6 Å². The lowest BCUT2D eigenvalue weighted by atomic mass is 10.1. The summed E-state index contributed by atoms with van der Waals surface area (Å²) in [6, 6.07) is 1.67. The maximum atomic E-state index is 11.2. The number of halogens is 1. The monoisotopic (exact) mass is 310 g/mol. The highest BCUT2D eigenvalue weighted by Gasteiger charge is 2.24. The first kappa shape index (κ1) is 15.2. The van der Waals surface area contributed by atoms with Gasteiger partial charge in [-0.25, -0.2) is 4.98 Å². The largest absolute Gasteiger partial charge is 0.466 e. The first-order valence-electron chi connectivity index (χ1n) is 6.31. The van der Waals surface area contributed by atoms with Gasteiger partial charge in [0, 0.05) is 5.56 Å². The van der Waals surface area contributed by atoms with Crippen molar-refractivity contribution in [1.82, 2.24) is 9.97 Å². The minimum Gasteiger partial charge on any atom is -0.466 e. The van der Waals surface area contributed by atoms with Crippen molar-refractivity contribution in [2.45, 2.75) is 33.7 Å². The van der Waals surface area contributed by atoms with Gasteiger partial charge in [0.1, 0.15) is 17.2 Å². The number of hydrogen-bond acceptors (Lipinski definition) is 6. The fraction of sp³-hybridized carbons (Fsp3) is 0.385. The maximum absolute atomic E-state index is 11.2. The van der Waals surface area contributed by atoms with Crippen molar-refractivity contribution in [3.05, 3.63) is 44.2 Å². The smallest absolute Gasteiger partial charge is 0.332 e. The third-order valence-electron chi connectivity index (χ3n) is 3.11. The van der Waals surface area contributed by atoms with E-state index in [2.05, 4.69) is 15.3 Å². The third-order valence-corrected chi connectivity index (χ3v) is 3.28. The molecule has 8 heteroatoms. The molecule has 2 aromatic rings. The second-order valence-corrected chi connectivity index (χ2v) is 5.11. The Balaban J connectivity index is 2.39. The number of aromatic nitrogens is 2. The van der Waals surface area contributed by atoms with E-state index < -0.39 is 4.92 Å². The summed E-state index contributed by atoms with van der Waals surface area (Å²) in [5, 5.41) is 14.1. The van der Waals surface area contributed by atoms with Gasteiger partial charge in [0.15, 0.2) is 0 Å². The molecule has 2 heterocycles. The SMILES string of the molecule is Cc1cc(C(C)Nc2nc(Cl)nc(C)c2[N+](=O)[O-])c(C)o1. The second-order valence-electron chi connectivity index (χ2n) is 4.77. The van der Waals surface area contributed by atoms with E-state index in [-0.39, 0.29) is 28.5 Å². The van der Waals surface area contributed by atoms with Gasteiger partial charge in [-0.3, -0.25) is 10.1 Å². The van der Waals surface area contributed by atoms with E-state index in [1.165, 1.54) is 6.92 Å². The van der Waals surface area contributed by atoms with Crippen LogP contribution in [0.2, 0.25) is 5.28 Å². The van der Waals surface area contributed by atoms with Gasteiger partial charge >= 0.3 is 5.69 Å². The molecule has 1 atom stereocenters. The molecule has 0 bridgehead atoms. The molecule has 0 radical (unpaired) electrons. The van der Waals surface area contributed by atoms with Gasteiger partial charge in [0.05, 0.1) is 11.0 Å². The molecule has 1 unspecified atom stereocenters. The molecule has 0 aliphatic carbocycles. The van der Waals surface area contributed by atoms with E-state index in [0.29, 0.717) is 0 Å². The van der Waals surface area contributed by atoms with Crippen LogP contribution in [0.3, 0.4) is 0 Å². The molecule has 1 N–H and O–H groups in total. The topological polar surface area (TPSA) is 94.1 Å². The summed E-state index contributed by atoms with van der Waals surface area (Å²) in [5.74, 6) is 1.64. The Hall–Kier alpha value is -2.15. The normalized spacial score (nSPS) is 12.2. The van der Waals surface area contributed by atoms with Crippen molar-refractivity contribution in [3.63, 3.8) is 0 Å². The Morgan fingerprint density at radius 3 is 2.57 bits per heavy atom. The zero-order valence-electron chi connectivity index (χ0n) is 12.1. The van der Waals surface area contributed by atoms with Gasteiger partial charge in [-0.1, -0.05) is 0 Å². The molecule has 112 valence electrons. The summed E-state index contributed by atoms with van der Waals surface area (Å²) in [6.07, 6.45) is 0. The molecular formula is C13H15ClN4O3. The quantitative estimate of drug-likeness (QED) is 0.525. The van der Waals surface area contributed by atoms with Gasteiger partial charge in [-0.2, -0.15) is 4.98 Å². The van der Waals surface area contributed by atoms with Crippen molar-refractivity contribution in [2.75, 3.05) is 5.32 Å². The molecule has 2 rings (SSSR count). The van der Waals surface area contributed by atoms with Crippen molar-refractivity contribution in [3.8, 4) is 0 Å². The first-order chi connectivity index (χ1) is 9.79. The molecule has 0 aliphatic rings. The summed E-state index contributed by atoms with van der Waals surface area (Å²) >= 11 is 5.79. The van der Waals surface area contributed by atoms with Crippen LogP contribution < -0.4 is 5.32 Å². The average molecular weight is 311 g/mol. The molecule has 0 aliphatic heterocycles. The summed E-state index contributed by atoms with van der Waals surface area (Å²) in [7, 11) is 0. The molecule has 21 heavy (non-hydrogen) atoms. The number of rotatable bonds is 4. The highest BCUT2D eigenvalue weighted by molar-refractivity contribution is 6.28. The summed E-state index contributed by atoms with van der Waals surface area (Å²) in [6.45, 7) is 7.08. The fourth-order valence-corrected chi connectivity index (χ4v) is 2.43. The van der Waals surface area contributed by atoms with Gasteiger partial charge in [0.2, 0.25) is 11.1 Å². The number of hydrogen-bond donors (Lipinski definition) is 1. The minimum atomic E-state index is -0.520. The van der Waals surface area contributed by atoms with Gasteiger partial charge in [-0.15, -0.1) is 0 Å². The minimum absolute atomic E-state index is 0.0344. The molecule has 7 nitrogen and oxygen atoms in total. The number of nitro groups is 1. The molecule has 0 fully saturated rings. The van der Waals surface area contributed by atoms with Gasteiger partial charge in [-0.05, 0) is 45.4 Å². The molecule has 2 aromatic heterocycles. The molecular weight excluding hydrogens is 296 g/mol. The number of furan rings is 1. The van der Waals surface area contributed by atoms with Crippen molar-refractivity contribution >= 4 is 23.1 Å². The lowest BCUT2D eigenvalue weighted by Crippen LogP contribution is -2.12. The Labute approximate surface area is 126 Å². The molecule has 0 amide bonds. The average Bonchev–Trinajstić information content (AvgIpc) is 2.66. The Morgan fingerprint density at radius 1 is 1.38 bits per heavy atom. The zero-order valence-corrected chi connectivity index (χ0v) is 12.9. The van der Waals surface area contributed by atoms with Gasteiger partial charge < -0.3 is 9.73 Å². The predicted octanol–water partition coefficient (Wildman–Crippen LogP) is 3.73. The van der Waals surface area contributed by atoms with E-state index >= 15 is 0 Å². The molecule has 0 saturated carbocycles. The first-order valence-corrected chi connectivity index (χ1v) is 6.69. The standard InChI is InChI=1S/C13H15ClN4O3/c1-6-5-10(9(4)21-6)7(2)15-12-11(18(19)20)8(3)16-13(14)17-12/h5,7H,1-4H3,(H,15,16,17). The highest BCUT2D eigenvalue weighted by Crippen LogP contribution is 2.31. The van der Waals surface area contributed by atoms with Crippen molar-refractivity contribution in [2.24, 2.45) is 0 Å². The van der Waals surface area contributed by atoms with Crippen LogP contribution in [0.5, 0.6) is 0 Å². The van der Waals surface area contributed by atoms with E-state index in [4.69, 9.17) is 16.0 Å². The predicted molar refractivity (Wildman–Crippen MR) is 78.7 cm³/mol. The van der Waals surface area contributed by atoms with Crippen LogP contribution in [-0.4, -0.2) is 14.9 Å². The van der Waals surface area contributed by atoms with Crippen LogP contribution in [-0.2, 0) is 0 Å². The fourth-order valence-electron chi connectivity index (χ4n) is 2.22. The lowest BCUT2D eigenvalue weighted by molar-refractivity contribution is -0.385. The van der Waals surface area contributed by atoms with Gasteiger partial charge in [0.25, 0.3) is 0 Å². The Bertz CT molecular complexity index is 699. The van der Waals surface area contributed by atoms with Crippen LogP contribution in [0, 0.1) is 30.9 Å². The number of nitrogens with zero attached hydrogens (tertiary/aromatic N) is 3. The van der Waals surface area contributed by atoms with Crippen LogP contribution in [0.4, 0.5) is 11.5 Å². The van der Waals surface area contributed by atoms with Crippen LogP contribution in [0.1, 0.15) is 35.7 Å². The summed E-state index contributed by atoms with van der Waals surface area (Å²) in [5.41, 5.74) is 0.952. The maximum Gasteiger partial charge on any atom is 0.332 e. The summed E-state index contributed by atoms with van der Waals surface area (Å²) in [4.78, 5) is 18.4. The Kier molecular flexibility index (Phi) is 4.13. The summed E-state index contributed by atoms with van der Waals surface area (Å²) < 4.78 is 5.47. The van der Waals surface area contributed by atoms with Crippen molar-refractivity contribution < 1.29 is 9.34 Å².